The normalized spacial score (nSPS) is 16.3. The SMILES string of the molecule is Cl.Cl.Oc1c(F)ccc(Cl)c1[C@@H](c1cccs1)N1CCNCC1. The third kappa shape index (κ3) is 4.29. The lowest BCUT2D eigenvalue weighted by molar-refractivity contribution is 0.197. The summed E-state index contributed by atoms with van der Waals surface area (Å²) in [6.07, 6.45) is 0. The van der Waals surface area contributed by atoms with E-state index in [4.69, 9.17) is 11.6 Å². The van der Waals surface area contributed by atoms with Crippen LogP contribution >= 0.6 is 47.8 Å². The first-order valence-electron chi connectivity index (χ1n) is 6.83. The van der Waals surface area contributed by atoms with Crippen molar-refractivity contribution in [2.45, 2.75) is 6.04 Å². The maximum Gasteiger partial charge on any atom is 0.165 e. The highest BCUT2D eigenvalue weighted by molar-refractivity contribution is 7.10. The number of halogens is 4. The van der Waals surface area contributed by atoms with Gasteiger partial charge >= 0.3 is 0 Å². The van der Waals surface area contributed by atoms with Crippen LogP contribution in [0.1, 0.15) is 16.5 Å². The van der Waals surface area contributed by atoms with E-state index in [2.05, 4.69) is 10.2 Å². The third-order valence-corrected chi connectivity index (χ3v) is 4.97. The summed E-state index contributed by atoms with van der Waals surface area (Å²) in [5.74, 6) is -0.981. The van der Waals surface area contributed by atoms with Crippen LogP contribution in [-0.2, 0) is 0 Å². The number of aromatic hydroxyl groups is 1. The predicted octanol–water partition coefficient (Wildman–Crippen LogP) is 4.08. The second kappa shape index (κ2) is 9.06. The molecule has 1 aromatic carbocycles. The topological polar surface area (TPSA) is 35.5 Å². The molecule has 2 heterocycles. The van der Waals surface area contributed by atoms with Crippen LogP contribution in [0.15, 0.2) is 29.6 Å². The van der Waals surface area contributed by atoms with Crippen molar-refractivity contribution in [2.24, 2.45) is 0 Å². The molecule has 1 atom stereocenters. The average Bonchev–Trinajstić information content (AvgIpc) is 3.02. The van der Waals surface area contributed by atoms with Crippen LogP contribution in [0.2, 0.25) is 5.02 Å². The molecule has 3 nitrogen and oxygen atoms in total. The van der Waals surface area contributed by atoms with Crippen molar-refractivity contribution < 1.29 is 9.50 Å². The maximum absolute atomic E-state index is 13.8. The van der Waals surface area contributed by atoms with Crippen molar-refractivity contribution in [1.29, 1.82) is 0 Å². The zero-order valence-electron chi connectivity index (χ0n) is 12.2. The molecule has 1 saturated heterocycles. The van der Waals surface area contributed by atoms with Crippen molar-refractivity contribution in [2.75, 3.05) is 26.2 Å². The molecule has 0 radical (unpaired) electrons. The van der Waals surface area contributed by atoms with Crippen molar-refractivity contribution in [3.63, 3.8) is 0 Å². The zero-order valence-corrected chi connectivity index (χ0v) is 15.4. The lowest BCUT2D eigenvalue weighted by Crippen LogP contribution is -2.45. The van der Waals surface area contributed by atoms with Gasteiger partial charge in [0.1, 0.15) is 0 Å². The van der Waals surface area contributed by atoms with E-state index in [1.165, 1.54) is 12.1 Å². The van der Waals surface area contributed by atoms with Crippen LogP contribution in [0, 0.1) is 5.82 Å². The quantitative estimate of drug-likeness (QED) is 0.816. The minimum Gasteiger partial charge on any atom is -0.505 e. The molecule has 0 saturated carbocycles. The van der Waals surface area contributed by atoms with Crippen molar-refractivity contribution in [1.82, 2.24) is 10.2 Å². The smallest absolute Gasteiger partial charge is 0.165 e. The summed E-state index contributed by atoms with van der Waals surface area (Å²) in [4.78, 5) is 3.28. The van der Waals surface area contributed by atoms with Crippen LogP contribution in [-0.4, -0.2) is 36.2 Å². The highest BCUT2D eigenvalue weighted by atomic mass is 35.5. The Hall–Kier alpha value is -0.560. The summed E-state index contributed by atoms with van der Waals surface area (Å²) in [7, 11) is 0. The molecule has 1 fully saturated rings. The van der Waals surface area contributed by atoms with Gasteiger partial charge in [0, 0.05) is 41.6 Å². The largest absolute Gasteiger partial charge is 0.505 e. The van der Waals surface area contributed by atoms with Crippen molar-refractivity contribution >= 4 is 47.8 Å². The van der Waals surface area contributed by atoms with Gasteiger partial charge in [-0.05, 0) is 23.6 Å². The molecule has 0 unspecified atom stereocenters. The summed E-state index contributed by atoms with van der Waals surface area (Å²) in [5.41, 5.74) is 0.459. The van der Waals surface area contributed by atoms with E-state index in [-0.39, 0.29) is 36.6 Å². The molecule has 1 aliphatic heterocycles. The van der Waals surface area contributed by atoms with Crippen molar-refractivity contribution in [3.8, 4) is 5.75 Å². The Bertz CT molecular complexity index is 621. The number of phenolic OH excluding ortho intramolecular Hbond substituents is 1. The van der Waals surface area contributed by atoms with Crippen molar-refractivity contribution in [3.05, 3.63) is 50.9 Å². The molecule has 0 aliphatic carbocycles. The maximum atomic E-state index is 13.8. The van der Waals surface area contributed by atoms with E-state index in [0.717, 1.165) is 31.1 Å². The van der Waals surface area contributed by atoms with Gasteiger partial charge in [-0.15, -0.1) is 36.2 Å². The van der Waals surface area contributed by atoms with Gasteiger partial charge in [0.25, 0.3) is 0 Å². The van der Waals surface area contributed by atoms with Gasteiger partial charge in [0.2, 0.25) is 0 Å². The number of nitrogens with zero attached hydrogens (tertiary/aromatic N) is 1. The molecule has 8 heteroatoms. The van der Waals surface area contributed by atoms with Gasteiger partial charge in [0.15, 0.2) is 11.6 Å². The number of nitrogens with one attached hydrogen (secondary N) is 1. The molecule has 1 aliphatic rings. The molecular formula is C15H18Cl3FN2OS. The lowest BCUT2D eigenvalue weighted by Gasteiger charge is -2.35. The molecule has 3 rings (SSSR count). The van der Waals surface area contributed by atoms with E-state index in [0.29, 0.717) is 10.6 Å². The van der Waals surface area contributed by atoms with E-state index in [9.17, 15) is 9.50 Å². The highest BCUT2D eigenvalue weighted by Crippen LogP contribution is 2.41. The fourth-order valence-electron chi connectivity index (χ4n) is 2.71. The number of rotatable bonds is 3. The van der Waals surface area contributed by atoms with Gasteiger partial charge < -0.3 is 10.4 Å². The number of benzene rings is 1. The number of thiophene rings is 1. The van der Waals surface area contributed by atoms with Gasteiger partial charge in [-0.3, -0.25) is 4.90 Å². The Kier molecular flexibility index (Phi) is 8.07. The predicted molar refractivity (Wildman–Crippen MR) is 98.2 cm³/mol. The number of hydrogen-bond donors (Lipinski definition) is 2. The van der Waals surface area contributed by atoms with Gasteiger partial charge in [-0.1, -0.05) is 17.7 Å². The van der Waals surface area contributed by atoms with Gasteiger partial charge in [-0.25, -0.2) is 4.39 Å². The fraction of sp³-hybridized carbons (Fsp3) is 0.333. The van der Waals surface area contributed by atoms with E-state index in [1.807, 2.05) is 17.5 Å². The average molecular weight is 400 g/mol. The number of phenols is 1. The fourth-order valence-corrected chi connectivity index (χ4v) is 3.83. The summed E-state index contributed by atoms with van der Waals surface area (Å²) < 4.78 is 13.8. The molecule has 0 bridgehead atoms. The summed E-state index contributed by atoms with van der Waals surface area (Å²) in [6.45, 7) is 3.40. The number of hydrogen-bond acceptors (Lipinski definition) is 4. The number of piperazine rings is 1. The van der Waals surface area contributed by atoms with Gasteiger partial charge in [0.05, 0.1) is 6.04 Å². The van der Waals surface area contributed by atoms with Crippen LogP contribution in [0.3, 0.4) is 0 Å². The first-order chi connectivity index (χ1) is 10.2. The Balaban J connectivity index is 0.00000132. The highest BCUT2D eigenvalue weighted by Gasteiger charge is 2.30. The molecule has 2 N–H and O–H groups in total. The summed E-state index contributed by atoms with van der Waals surface area (Å²) in [6, 6.07) is 6.45. The van der Waals surface area contributed by atoms with E-state index < -0.39 is 5.82 Å². The van der Waals surface area contributed by atoms with Crippen LogP contribution in [0.5, 0.6) is 5.75 Å². The van der Waals surface area contributed by atoms with Crippen LogP contribution in [0.4, 0.5) is 4.39 Å². The Morgan fingerprint density at radius 3 is 2.52 bits per heavy atom. The Morgan fingerprint density at radius 2 is 1.91 bits per heavy atom. The summed E-state index contributed by atoms with van der Waals surface area (Å²) in [5, 5.41) is 15.9. The molecule has 0 spiro atoms. The van der Waals surface area contributed by atoms with E-state index >= 15 is 0 Å². The molecule has 128 valence electrons. The lowest BCUT2D eigenvalue weighted by atomic mass is 10.0. The van der Waals surface area contributed by atoms with E-state index in [1.54, 1.807) is 11.3 Å². The third-order valence-electron chi connectivity index (χ3n) is 3.72. The first-order valence-corrected chi connectivity index (χ1v) is 8.09. The second-order valence-electron chi connectivity index (χ2n) is 5.00. The molecule has 1 aromatic heterocycles. The molecule has 0 amide bonds. The second-order valence-corrected chi connectivity index (χ2v) is 6.38. The molecular weight excluding hydrogens is 382 g/mol. The minimum absolute atomic E-state index is 0. The standard InChI is InChI=1S/C15H16ClFN2OS.2ClH/c16-10-3-4-11(17)15(20)13(10)14(12-2-1-9-21-12)19-7-5-18-6-8-19;;/h1-4,9,14,18,20H,5-8H2;2*1H/t14-;;/m1../s1. The summed E-state index contributed by atoms with van der Waals surface area (Å²) >= 11 is 7.86. The Labute approximate surface area is 156 Å². The first kappa shape index (κ1) is 20.5. The molecule has 2 aromatic rings. The van der Waals surface area contributed by atoms with Gasteiger partial charge in [-0.2, -0.15) is 0 Å². The van der Waals surface area contributed by atoms with Crippen LogP contribution < -0.4 is 5.32 Å². The zero-order chi connectivity index (χ0) is 14.8. The minimum atomic E-state index is -0.633. The molecule has 23 heavy (non-hydrogen) atoms. The monoisotopic (exact) mass is 398 g/mol. The Morgan fingerprint density at radius 1 is 1.22 bits per heavy atom. The van der Waals surface area contributed by atoms with Crippen LogP contribution in [0.25, 0.3) is 0 Å².